The maximum Gasteiger partial charge on any atom is 0.490 e. The zero-order valence-electron chi connectivity index (χ0n) is 16.6. The Bertz CT molecular complexity index is 996. The zero-order chi connectivity index (χ0) is 22.8. The summed E-state index contributed by atoms with van der Waals surface area (Å²) in [5, 5.41) is 16.3. The number of nitro groups is 1. The number of fused-ring (bicyclic) bond motifs is 1. The Morgan fingerprint density at radius 3 is 2.48 bits per heavy atom. The van der Waals surface area contributed by atoms with Crippen molar-refractivity contribution in [2.75, 3.05) is 13.2 Å². The van der Waals surface area contributed by atoms with E-state index in [1.165, 1.54) is 12.1 Å². The summed E-state index contributed by atoms with van der Waals surface area (Å²) in [5.41, 5.74) is -0.157. The summed E-state index contributed by atoms with van der Waals surface area (Å²) in [5.74, 6) is -3.17. The molecule has 1 aromatic carbocycles. The van der Waals surface area contributed by atoms with Crippen molar-refractivity contribution < 1.29 is 37.2 Å². The average molecular weight is 443 g/mol. The predicted molar refractivity (Wildman–Crippen MR) is 100 cm³/mol. The van der Waals surface area contributed by atoms with Crippen molar-refractivity contribution in [1.82, 2.24) is 9.78 Å². The van der Waals surface area contributed by atoms with E-state index in [4.69, 9.17) is 4.74 Å². The van der Waals surface area contributed by atoms with Crippen LogP contribution in [0.25, 0.3) is 10.9 Å². The number of hydrogen-bond donors (Lipinski definition) is 0. The van der Waals surface area contributed by atoms with Crippen molar-refractivity contribution in [3.05, 3.63) is 34.0 Å². The molecule has 1 fully saturated rings. The van der Waals surface area contributed by atoms with Gasteiger partial charge in [0.2, 0.25) is 0 Å². The molecule has 2 aromatic rings. The van der Waals surface area contributed by atoms with Crippen LogP contribution in [0.2, 0.25) is 0 Å². The molecule has 9 nitrogen and oxygen atoms in total. The highest BCUT2D eigenvalue weighted by Crippen LogP contribution is 2.34. The summed E-state index contributed by atoms with van der Waals surface area (Å²) in [4.78, 5) is 33.6. The van der Waals surface area contributed by atoms with Gasteiger partial charge in [-0.15, -0.1) is 0 Å². The van der Waals surface area contributed by atoms with Crippen molar-refractivity contribution in [3.8, 4) is 0 Å². The van der Waals surface area contributed by atoms with Gasteiger partial charge in [-0.1, -0.05) is 0 Å². The second kappa shape index (κ2) is 8.90. The maximum absolute atomic E-state index is 12.2. The highest BCUT2D eigenvalue weighted by Gasteiger charge is 2.41. The van der Waals surface area contributed by atoms with E-state index >= 15 is 0 Å². The van der Waals surface area contributed by atoms with Crippen molar-refractivity contribution in [2.24, 2.45) is 5.92 Å². The summed E-state index contributed by atoms with van der Waals surface area (Å²) in [7, 11) is 0. The van der Waals surface area contributed by atoms with Crippen molar-refractivity contribution in [1.29, 1.82) is 0 Å². The van der Waals surface area contributed by atoms with Gasteiger partial charge in [-0.25, -0.2) is 9.59 Å². The molecule has 0 saturated heterocycles. The number of ether oxygens (including phenoxy) is 2. The number of hydrogen-bond acceptors (Lipinski definition) is 7. The first kappa shape index (κ1) is 22.5. The molecular formula is C19H20F3N3O6. The Labute approximate surface area is 174 Å². The van der Waals surface area contributed by atoms with Crippen LogP contribution in [-0.2, 0) is 14.3 Å². The summed E-state index contributed by atoms with van der Waals surface area (Å²) < 4.78 is 47.6. The number of carbonyl (C=O) groups is 2. The lowest BCUT2D eigenvalue weighted by molar-refractivity contribution is -0.385. The topological polar surface area (TPSA) is 114 Å². The fraction of sp³-hybridized carbons (Fsp3) is 0.526. The largest absolute Gasteiger partial charge is 0.490 e. The van der Waals surface area contributed by atoms with Gasteiger partial charge < -0.3 is 9.47 Å². The van der Waals surface area contributed by atoms with E-state index in [1.54, 1.807) is 17.8 Å². The molecular weight excluding hydrogens is 423 g/mol. The number of alkyl halides is 3. The van der Waals surface area contributed by atoms with E-state index in [0.29, 0.717) is 36.6 Å². The van der Waals surface area contributed by atoms with Crippen LogP contribution in [0.15, 0.2) is 18.3 Å². The van der Waals surface area contributed by atoms with Gasteiger partial charge in [-0.05, 0) is 44.6 Å². The molecule has 1 heterocycles. The standard InChI is InChI=1S/C19H20F3N3O6/c1-2-30-17(26)14-8-15-12(7-16(14)25(28)29)9-24(23-15)13-5-3-11(4-6-13)10-31-18(27)19(20,21)22/h7-9,11,13H,2-6,10H2,1H3. The lowest BCUT2D eigenvalue weighted by atomic mass is 9.86. The van der Waals surface area contributed by atoms with Crippen LogP contribution in [0, 0.1) is 16.0 Å². The Hall–Kier alpha value is -3.18. The molecule has 0 radical (unpaired) electrons. The number of carbonyl (C=O) groups excluding carboxylic acids is 2. The van der Waals surface area contributed by atoms with Crippen LogP contribution in [0.1, 0.15) is 49.0 Å². The molecule has 1 aliphatic rings. The first-order chi connectivity index (χ1) is 14.6. The lowest BCUT2D eigenvalue weighted by Gasteiger charge is -2.28. The minimum Gasteiger partial charge on any atom is -0.462 e. The molecule has 0 bridgehead atoms. The minimum absolute atomic E-state index is 0.0629. The summed E-state index contributed by atoms with van der Waals surface area (Å²) >= 11 is 0. The predicted octanol–water partition coefficient (Wildman–Crippen LogP) is 3.96. The number of esters is 2. The fourth-order valence-electron chi connectivity index (χ4n) is 3.64. The molecule has 31 heavy (non-hydrogen) atoms. The Morgan fingerprint density at radius 1 is 1.23 bits per heavy atom. The highest BCUT2D eigenvalue weighted by atomic mass is 19.4. The summed E-state index contributed by atoms with van der Waals surface area (Å²) in [6, 6.07) is 2.53. The Morgan fingerprint density at radius 2 is 1.90 bits per heavy atom. The smallest absolute Gasteiger partial charge is 0.462 e. The van der Waals surface area contributed by atoms with Gasteiger partial charge in [-0.3, -0.25) is 14.8 Å². The third kappa shape index (κ3) is 5.12. The van der Waals surface area contributed by atoms with Crippen LogP contribution in [-0.4, -0.2) is 46.0 Å². The Balaban J connectivity index is 1.71. The number of nitro benzene ring substituents is 1. The van der Waals surface area contributed by atoms with Crippen molar-refractivity contribution in [3.63, 3.8) is 0 Å². The van der Waals surface area contributed by atoms with E-state index in [1.807, 2.05) is 0 Å². The molecule has 0 aliphatic heterocycles. The molecule has 0 N–H and O–H groups in total. The molecule has 1 saturated carbocycles. The normalized spacial score (nSPS) is 19.2. The quantitative estimate of drug-likeness (QED) is 0.377. The van der Waals surface area contributed by atoms with Gasteiger partial charge in [0, 0.05) is 17.6 Å². The van der Waals surface area contributed by atoms with Gasteiger partial charge in [0.05, 0.1) is 29.7 Å². The van der Waals surface area contributed by atoms with E-state index < -0.39 is 23.0 Å². The highest BCUT2D eigenvalue weighted by molar-refractivity contribution is 5.99. The third-order valence-electron chi connectivity index (χ3n) is 5.20. The summed E-state index contributed by atoms with van der Waals surface area (Å²) in [6.45, 7) is 1.38. The molecule has 1 aromatic heterocycles. The number of rotatable bonds is 6. The van der Waals surface area contributed by atoms with Gasteiger partial charge in [-0.2, -0.15) is 18.3 Å². The number of nitrogens with zero attached hydrogens (tertiary/aromatic N) is 3. The molecule has 0 amide bonds. The number of benzene rings is 1. The first-order valence-corrected chi connectivity index (χ1v) is 9.68. The second-order valence-corrected chi connectivity index (χ2v) is 7.29. The van der Waals surface area contributed by atoms with Crippen molar-refractivity contribution >= 4 is 28.5 Å². The molecule has 3 rings (SSSR count). The average Bonchev–Trinajstić information content (AvgIpc) is 3.14. The molecule has 0 unspecified atom stereocenters. The maximum atomic E-state index is 12.2. The molecule has 168 valence electrons. The fourth-order valence-corrected chi connectivity index (χ4v) is 3.64. The third-order valence-corrected chi connectivity index (χ3v) is 5.20. The van der Waals surface area contributed by atoms with E-state index in [2.05, 4.69) is 9.84 Å². The first-order valence-electron chi connectivity index (χ1n) is 9.68. The lowest BCUT2D eigenvalue weighted by Crippen LogP contribution is -2.29. The van der Waals surface area contributed by atoms with Crippen LogP contribution in [0.5, 0.6) is 0 Å². The van der Waals surface area contributed by atoms with Gasteiger partial charge in [0.1, 0.15) is 5.56 Å². The number of halogens is 3. The van der Waals surface area contributed by atoms with Gasteiger partial charge in [0.25, 0.3) is 5.69 Å². The van der Waals surface area contributed by atoms with Crippen LogP contribution < -0.4 is 0 Å². The van der Waals surface area contributed by atoms with Crippen LogP contribution in [0.3, 0.4) is 0 Å². The minimum atomic E-state index is -5.00. The molecule has 12 heteroatoms. The zero-order valence-corrected chi connectivity index (χ0v) is 16.6. The van der Waals surface area contributed by atoms with Gasteiger partial charge >= 0.3 is 18.1 Å². The van der Waals surface area contributed by atoms with E-state index in [-0.39, 0.29) is 36.4 Å². The Kier molecular flexibility index (Phi) is 6.46. The van der Waals surface area contributed by atoms with E-state index in [0.717, 1.165) is 0 Å². The monoisotopic (exact) mass is 443 g/mol. The van der Waals surface area contributed by atoms with E-state index in [9.17, 15) is 32.9 Å². The second-order valence-electron chi connectivity index (χ2n) is 7.29. The number of aromatic nitrogens is 2. The van der Waals surface area contributed by atoms with Crippen molar-refractivity contribution in [2.45, 2.75) is 44.8 Å². The SMILES string of the molecule is CCOC(=O)c1cc2nn(C3CCC(COC(=O)C(F)(F)F)CC3)cc2cc1[N+](=O)[O-]. The summed E-state index contributed by atoms with van der Waals surface area (Å²) in [6.07, 6.45) is -1.09. The van der Waals surface area contributed by atoms with Gasteiger partial charge in [0.15, 0.2) is 0 Å². The molecule has 0 spiro atoms. The molecule has 0 atom stereocenters. The molecule has 1 aliphatic carbocycles. The van der Waals surface area contributed by atoms with Crippen LogP contribution in [0.4, 0.5) is 18.9 Å². The van der Waals surface area contributed by atoms with Crippen LogP contribution >= 0.6 is 0 Å².